The predicted molar refractivity (Wildman–Crippen MR) is 63.3 cm³/mol. The summed E-state index contributed by atoms with van der Waals surface area (Å²) < 4.78 is 0. The Bertz CT molecular complexity index is 371. The fourth-order valence-electron chi connectivity index (χ4n) is 2.24. The van der Waals surface area contributed by atoms with E-state index in [2.05, 4.69) is 5.32 Å². The molecule has 0 heterocycles. The number of carboxylic acids is 1. The zero-order valence-corrected chi connectivity index (χ0v) is 10.3. The van der Waals surface area contributed by atoms with Crippen LogP contribution >= 0.6 is 0 Å². The molecule has 2 amide bonds. The highest BCUT2D eigenvalue weighted by atomic mass is 16.4. The third-order valence-corrected chi connectivity index (χ3v) is 3.52. The topological polar surface area (TPSA) is 136 Å². The van der Waals surface area contributed by atoms with Crippen LogP contribution in [-0.4, -0.2) is 35.0 Å². The molecule has 7 heteroatoms. The normalized spacial score (nSPS) is 28.7. The van der Waals surface area contributed by atoms with Crippen LogP contribution in [0.4, 0.5) is 0 Å². The Hall–Kier alpha value is -1.63. The third-order valence-electron chi connectivity index (χ3n) is 3.52. The molecule has 0 aromatic heterocycles. The Morgan fingerprint density at radius 2 is 2.11 bits per heavy atom. The molecule has 7 nitrogen and oxygen atoms in total. The first-order valence-electron chi connectivity index (χ1n) is 5.85. The number of hydrogen-bond acceptors (Lipinski definition) is 4. The largest absolute Gasteiger partial charge is 0.481 e. The fraction of sp³-hybridized carbons (Fsp3) is 0.727. The molecule has 0 aliphatic heterocycles. The summed E-state index contributed by atoms with van der Waals surface area (Å²) in [6, 6.07) is -1.48. The molecular weight excluding hydrogens is 238 g/mol. The van der Waals surface area contributed by atoms with E-state index in [4.69, 9.17) is 11.5 Å². The molecule has 1 saturated carbocycles. The van der Waals surface area contributed by atoms with Crippen molar-refractivity contribution in [2.45, 2.75) is 44.7 Å². The van der Waals surface area contributed by atoms with Crippen molar-refractivity contribution in [3.63, 3.8) is 0 Å². The number of carbonyl (C=O) groups is 3. The minimum Gasteiger partial charge on any atom is -0.481 e. The van der Waals surface area contributed by atoms with E-state index in [0.717, 1.165) is 6.42 Å². The second-order valence-corrected chi connectivity index (χ2v) is 4.95. The molecule has 102 valence electrons. The fourth-order valence-corrected chi connectivity index (χ4v) is 2.24. The Labute approximate surface area is 105 Å². The van der Waals surface area contributed by atoms with Crippen LogP contribution in [0.15, 0.2) is 0 Å². The molecular formula is C11H19N3O4. The average molecular weight is 257 g/mol. The molecule has 1 fully saturated rings. The monoisotopic (exact) mass is 257 g/mol. The maximum absolute atomic E-state index is 11.7. The zero-order valence-electron chi connectivity index (χ0n) is 10.3. The van der Waals surface area contributed by atoms with E-state index in [-0.39, 0.29) is 6.42 Å². The van der Waals surface area contributed by atoms with Gasteiger partial charge in [0.1, 0.15) is 0 Å². The van der Waals surface area contributed by atoms with Gasteiger partial charge in [0.05, 0.1) is 17.9 Å². The lowest BCUT2D eigenvalue weighted by molar-refractivity contribution is -0.149. The highest BCUT2D eigenvalue weighted by molar-refractivity contribution is 5.88. The van der Waals surface area contributed by atoms with Gasteiger partial charge in [-0.2, -0.15) is 0 Å². The van der Waals surface area contributed by atoms with Crippen LogP contribution in [0.3, 0.4) is 0 Å². The van der Waals surface area contributed by atoms with Gasteiger partial charge in [-0.25, -0.2) is 0 Å². The van der Waals surface area contributed by atoms with E-state index < -0.39 is 35.3 Å². The molecule has 0 spiro atoms. The van der Waals surface area contributed by atoms with E-state index in [1.54, 1.807) is 6.92 Å². The van der Waals surface area contributed by atoms with Gasteiger partial charge in [-0.1, -0.05) is 6.42 Å². The van der Waals surface area contributed by atoms with Crippen LogP contribution in [0.25, 0.3) is 0 Å². The highest BCUT2D eigenvalue weighted by Crippen LogP contribution is 2.38. The van der Waals surface area contributed by atoms with Crippen LogP contribution < -0.4 is 16.8 Å². The smallest absolute Gasteiger partial charge is 0.311 e. The summed E-state index contributed by atoms with van der Waals surface area (Å²) in [6.45, 7) is 1.60. The van der Waals surface area contributed by atoms with E-state index >= 15 is 0 Å². The summed E-state index contributed by atoms with van der Waals surface area (Å²) in [4.78, 5) is 33.6. The van der Waals surface area contributed by atoms with Crippen molar-refractivity contribution in [2.75, 3.05) is 0 Å². The van der Waals surface area contributed by atoms with E-state index in [0.29, 0.717) is 12.8 Å². The minimum atomic E-state index is -1.03. The van der Waals surface area contributed by atoms with Crippen LogP contribution in [0, 0.1) is 5.41 Å². The zero-order chi connectivity index (χ0) is 13.9. The average Bonchev–Trinajstić information content (AvgIpc) is 2.60. The van der Waals surface area contributed by atoms with Gasteiger partial charge in [-0.15, -0.1) is 0 Å². The molecule has 0 saturated heterocycles. The lowest BCUT2D eigenvalue weighted by atomic mass is 9.85. The maximum atomic E-state index is 11.7. The van der Waals surface area contributed by atoms with Gasteiger partial charge >= 0.3 is 5.97 Å². The number of rotatable bonds is 5. The van der Waals surface area contributed by atoms with Gasteiger partial charge in [0.25, 0.3) is 0 Å². The Morgan fingerprint density at radius 1 is 1.50 bits per heavy atom. The van der Waals surface area contributed by atoms with Crippen molar-refractivity contribution in [3.8, 4) is 0 Å². The van der Waals surface area contributed by atoms with Crippen LogP contribution in [-0.2, 0) is 14.4 Å². The van der Waals surface area contributed by atoms with E-state index in [9.17, 15) is 19.5 Å². The molecule has 6 N–H and O–H groups in total. The molecule has 1 aliphatic carbocycles. The molecule has 1 aliphatic rings. The highest BCUT2D eigenvalue weighted by Gasteiger charge is 2.46. The van der Waals surface area contributed by atoms with Crippen LogP contribution in [0.1, 0.15) is 32.6 Å². The second-order valence-electron chi connectivity index (χ2n) is 4.95. The van der Waals surface area contributed by atoms with E-state index in [1.165, 1.54) is 0 Å². The Morgan fingerprint density at radius 3 is 2.61 bits per heavy atom. The van der Waals surface area contributed by atoms with Gasteiger partial charge in [0, 0.05) is 6.04 Å². The molecule has 1 rings (SSSR count). The molecule has 0 bridgehead atoms. The van der Waals surface area contributed by atoms with Crippen molar-refractivity contribution in [2.24, 2.45) is 16.9 Å². The third kappa shape index (κ3) is 2.98. The van der Waals surface area contributed by atoms with Crippen LogP contribution in [0.2, 0.25) is 0 Å². The number of aliphatic carboxylic acids is 1. The number of nitrogens with one attached hydrogen (secondary N) is 1. The SMILES string of the molecule is CC1(C(=O)O)CCCC1NC(=O)C(N)CC(N)=O. The molecule has 0 aromatic rings. The van der Waals surface area contributed by atoms with Crippen molar-refractivity contribution >= 4 is 17.8 Å². The number of hydrogen-bond donors (Lipinski definition) is 4. The lowest BCUT2D eigenvalue weighted by Gasteiger charge is -2.28. The molecule has 3 unspecified atom stereocenters. The van der Waals surface area contributed by atoms with Gasteiger partial charge < -0.3 is 21.9 Å². The number of nitrogens with two attached hydrogens (primary N) is 2. The molecule has 3 atom stereocenters. The number of amides is 2. The van der Waals surface area contributed by atoms with Crippen molar-refractivity contribution in [3.05, 3.63) is 0 Å². The number of carbonyl (C=O) groups excluding carboxylic acids is 2. The van der Waals surface area contributed by atoms with Crippen molar-refractivity contribution in [1.82, 2.24) is 5.32 Å². The molecule has 0 radical (unpaired) electrons. The second kappa shape index (κ2) is 5.34. The Balaban J connectivity index is 2.64. The summed E-state index contributed by atoms with van der Waals surface area (Å²) in [5.41, 5.74) is 9.48. The van der Waals surface area contributed by atoms with Crippen LogP contribution in [0.5, 0.6) is 0 Å². The van der Waals surface area contributed by atoms with Gasteiger partial charge in [-0.05, 0) is 19.8 Å². The number of primary amides is 1. The summed E-state index contributed by atoms with van der Waals surface area (Å²) in [7, 11) is 0. The number of carboxylic acid groups (broad SMARTS) is 1. The Kier molecular flexibility index (Phi) is 4.28. The molecule has 18 heavy (non-hydrogen) atoms. The van der Waals surface area contributed by atoms with Gasteiger partial charge in [0.15, 0.2) is 0 Å². The summed E-state index contributed by atoms with van der Waals surface area (Å²) in [5.74, 6) is -2.13. The first-order chi connectivity index (χ1) is 8.27. The lowest BCUT2D eigenvalue weighted by Crippen LogP contribution is -2.52. The van der Waals surface area contributed by atoms with Gasteiger partial charge in [-0.3, -0.25) is 14.4 Å². The predicted octanol–water partition coefficient (Wildman–Crippen LogP) is -1.05. The van der Waals surface area contributed by atoms with Crippen molar-refractivity contribution in [1.29, 1.82) is 0 Å². The first kappa shape index (κ1) is 14.4. The summed E-state index contributed by atoms with van der Waals surface area (Å²) >= 11 is 0. The van der Waals surface area contributed by atoms with Gasteiger partial charge in [0.2, 0.25) is 11.8 Å². The summed E-state index contributed by atoms with van der Waals surface area (Å²) in [6.07, 6.45) is 1.59. The standard InChI is InChI=1S/C11H19N3O4/c1-11(10(17)18)4-2-3-7(11)14-9(16)6(12)5-8(13)15/h6-7H,2-5,12H2,1H3,(H2,13,15)(H,14,16)(H,17,18). The van der Waals surface area contributed by atoms with Crippen molar-refractivity contribution < 1.29 is 19.5 Å². The minimum absolute atomic E-state index is 0.248. The maximum Gasteiger partial charge on any atom is 0.311 e. The van der Waals surface area contributed by atoms with E-state index in [1.807, 2.05) is 0 Å². The molecule has 0 aromatic carbocycles. The first-order valence-corrected chi connectivity index (χ1v) is 5.85. The quantitative estimate of drug-likeness (QED) is 0.498. The summed E-state index contributed by atoms with van der Waals surface area (Å²) in [5, 5.41) is 11.8.